The average Bonchev–Trinajstić information content (AvgIpc) is 2.19. The Hall–Kier alpha value is 1.00. The second kappa shape index (κ2) is 15.0. The molecule has 0 aliphatic heterocycles. The summed E-state index contributed by atoms with van der Waals surface area (Å²) in [6, 6.07) is 0. The van der Waals surface area contributed by atoms with Gasteiger partial charge in [-0.3, -0.25) is 0 Å². The van der Waals surface area contributed by atoms with Gasteiger partial charge in [-0.25, -0.2) is 0 Å². The first-order valence-electron chi connectivity index (χ1n) is 6.81. The number of rotatable bonds is 10. The Morgan fingerprint density at radius 2 is 1.13 bits per heavy atom. The van der Waals surface area contributed by atoms with Crippen LogP contribution in [-0.4, -0.2) is 0 Å². The topological polar surface area (TPSA) is 0 Å². The van der Waals surface area contributed by atoms with Gasteiger partial charge in [0.15, 0.2) is 0 Å². The van der Waals surface area contributed by atoms with Crippen molar-refractivity contribution in [3.63, 3.8) is 0 Å². The normalized spacial score (nSPS) is 10.4. The maximum absolute atomic E-state index is 2.43. The SMILES string of the molecule is CCCCCCC(C)CCCCCC.[H-].[Na+]. The zero-order chi connectivity index (χ0) is 10.6. The molecular formula is C14H31Na. The van der Waals surface area contributed by atoms with Crippen LogP contribution < -0.4 is 29.6 Å². The van der Waals surface area contributed by atoms with Crippen LogP contribution >= 0.6 is 0 Å². The van der Waals surface area contributed by atoms with E-state index >= 15 is 0 Å². The summed E-state index contributed by atoms with van der Waals surface area (Å²) in [5, 5.41) is 0. The third-order valence-corrected chi connectivity index (χ3v) is 3.10. The van der Waals surface area contributed by atoms with Crippen molar-refractivity contribution in [3.05, 3.63) is 0 Å². The minimum absolute atomic E-state index is 0. The Morgan fingerprint density at radius 3 is 1.47 bits per heavy atom. The molecule has 0 nitrogen and oxygen atoms in total. The van der Waals surface area contributed by atoms with Crippen LogP contribution in [0.5, 0.6) is 0 Å². The Kier molecular flexibility index (Phi) is 18.4. The molecule has 0 rings (SSSR count). The molecule has 0 aromatic carbocycles. The van der Waals surface area contributed by atoms with E-state index in [0.29, 0.717) is 0 Å². The van der Waals surface area contributed by atoms with Crippen molar-refractivity contribution in [1.29, 1.82) is 0 Å². The molecule has 0 heterocycles. The van der Waals surface area contributed by atoms with E-state index in [4.69, 9.17) is 0 Å². The van der Waals surface area contributed by atoms with E-state index in [1.165, 1.54) is 64.2 Å². The maximum atomic E-state index is 2.43. The fraction of sp³-hybridized carbons (Fsp3) is 1.00. The second-order valence-corrected chi connectivity index (χ2v) is 4.80. The summed E-state index contributed by atoms with van der Waals surface area (Å²) < 4.78 is 0. The maximum Gasteiger partial charge on any atom is 1.00 e. The molecule has 0 amide bonds. The predicted octanol–water partition coefficient (Wildman–Crippen LogP) is 2.68. The molecular weight excluding hydrogens is 191 g/mol. The fourth-order valence-electron chi connectivity index (χ4n) is 1.98. The first kappa shape index (κ1) is 18.4. The third kappa shape index (κ3) is 15.0. The van der Waals surface area contributed by atoms with Gasteiger partial charge < -0.3 is 1.43 Å². The van der Waals surface area contributed by atoms with Crippen LogP contribution in [-0.2, 0) is 0 Å². The Balaban J connectivity index is -0.000000845. The Bertz CT molecular complexity index is 94.9. The van der Waals surface area contributed by atoms with Gasteiger partial charge in [0.2, 0.25) is 0 Å². The minimum Gasteiger partial charge on any atom is -1.00 e. The van der Waals surface area contributed by atoms with Crippen molar-refractivity contribution >= 4 is 0 Å². The number of unbranched alkanes of at least 4 members (excludes halogenated alkanes) is 6. The third-order valence-electron chi connectivity index (χ3n) is 3.10. The molecule has 0 spiro atoms. The molecule has 0 N–H and O–H groups in total. The Morgan fingerprint density at radius 1 is 0.733 bits per heavy atom. The van der Waals surface area contributed by atoms with Gasteiger partial charge in [0.25, 0.3) is 0 Å². The van der Waals surface area contributed by atoms with Gasteiger partial charge in [0.1, 0.15) is 0 Å². The summed E-state index contributed by atoms with van der Waals surface area (Å²) in [6.07, 6.45) is 14.4. The summed E-state index contributed by atoms with van der Waals surface area (Å²) in [5.41, 5.74) is 0. The van der Waals surface area contributed by atoms with Crippen molar-refractivity contribution in [2.75, 3.05) is 0 Å². The van der Waals surface area contributed by atoms with Crippen LogP contribution in [0, 0.1) is 5.92 Å². The molecule has 0 aliphatic carbocycles. The first-order chi connectivity index (χ1) is 6.81. The van der Waals surface area contributed by atoms with E-state index in [2.05, 4.69) is 20.8 Å². The zero-order valence-electron chi connectivity index (χ0n) is 12.6. The predicted molar refractivity (Wildman–Crippen MR) is 67.8 cm³/mol. The molecule has 0 bridgehead atoms. The largest absolute Gasteiger partial charge is 1.00 e. The van der Waals surface area contributed by atoms with Gasteiger partial charge in [-0.05, 0) is 5.92 Å². The molecule has 0 aromatic rings. The van der Waals surface area contributed by atoms with Crippen LogP contribution in [0.4, 0.5) is 0 Å². The van der Waals surface area contributed by atoms with Gasteiger partial charge in [0, 0.05) is 0 Å². The van der Waals surface area contributed by atoms with Crippen LogP contribution in [0.1, 0.15) is 86.4 Å². The van der Waals surface area contributed by atoms with Crippen LogP contribution in [0.2, 0.25) is 0 Å². The van der Waals surface area contributed by atoms with Crippen LogP contribution in [0.15, 0.2) is 0 Å². The van der Waals surface area contributed by atoms with Crippen molar-refractivity contribution in [2.45, 2.75) is 85.0 Å². The molecule has 0 saturated carbocycles. The fourth-order valence-corrected chi connectivity index (χ4v) is 1.98. The summed E-state index contributed by atoms with van der Waals surface area (Å²) in [4.78, 5) is 0. The van der Waals surface area contributed by atoms with E-state index in [1.54, 1.807) is 0 Å². The van der Waals surface area contributed by atoms with E-state index in [1.807, 2.05) is 0 Å². The van der Waals surface area contributed by atoms with Crippen molar-refractivity contribution in [3.8, 4) is 0 Å². The van der Waals surface area contributed by atoms with E-state index in [0.717, 1.165) is 5.92 Å². The van der Waals surface area contributed by atoms with Crippen molar-refractivity contribution in [1.82, 2.24) is 0 Å². The molecule has 0 atom stereocenters. The molecule has 88 valence electrons. The summed E-state index contributed by atoms with van der Waals surface area (Å²) in [6.45, 7) is 7.00. The molecule has 0 fully saturated rings. The van der Waals surface area contributed by atoms with Gasteiger partial charge in [-0.2, -0.15) is 0 Å². The van der Waals surface area contributed by atoms with Crippen molar-refractivity contribution < 1.29 is 31.0 Å². The van der Waals surface area contributed by atoms with Gasteiger partial charge in [-0.1, -0.05) is 85.0 Å². The van der Waals surface area contributed by atoms with Crippen LogP contribution in [0.25, 0.3) is 0 Å². The van der Waals surface area contributed by atoms with Gasteiger partial charge in [-0.15, -0.1) is 0 Å². The molecule has 0 saturated heterocycles. The van der Waals surface area contributed by atoms with Gasteiger partial charge >= 0.3 is 29.6 Å². The monoisotopic (exact) mass is 222 g/mol. The smallest absolute Gasteiger partial charge is 1.00 e. The van der Waals surface area contributed by atoms with Crippen LogP contribution in [0.3, 0.4) is 0 Å². The Labute approximate surface area is 121 Å². The number of hydrogen-bond donors (Lipinski definition) is 0. The second-order valence-electron chi connectivity index (χ2n) is 4.80. The van der Waals surface area contributed by atoms with E-state index < -0.39 is 0 Å². The van der Waals surface area contributed by atoms with Gasteiger partial charge in [0.05, 0.1) is 0 Å². The average molecular weight is 222 g/mol. The zero-order valence-corrected chi connectivity index (χ0v) is 13.6. The van der Waals surface area contributed by atoms with E-state index in [-0.39, 0.29) is 31.0 Å². The van der Waals surface area contributed by atoms with E-state index in [9.17, 15) is 0 Å². The molecule has 0 radical (unpaired) electrons. The van der Waals surface area contributed by atoms with Crippen molar-refractivity contribution in [2.24, 2.45) is 5.92 Å². The quantitative estimate of drug-likeness (QED) is 0.394. The molecule has 0 unspecified atom stereocenters. The first-order valence-corrected chi connectivity index (χ1v) is 6.81. The summed E-state index contributed by atoms with van der Waals surface area (Å²) in [7, 11) is 0. The summed E-state index contributed by atoms with van der Waals surface area (Å²) in [5.74, 6) is 0.976. The molecule has 0 aliphatic rings. The summed E-state index contributed by atoms with van der Waals surface area (Å²) >= 11 is 0. The number of hydrogen-bond acceptors (Lipinski definition) is 0. The molecule has 1 heteroatoms. The molecule has 0 aromatic heterocycles. The minimum atomic E-state index is 0. The molecule has 15 heavy (non-hydrogen) atoms. The standard InChI is InChI=1S/C14H30.Na.H/c1-4-6-8-10-12-14(3)13-11-9-7-5-2;;/h14H,4-13H2,1-3H3;;/q;+1;-1.